The Morgan fingerprint density at radius 1 is 1.21 bits per heavy atom. The van der Waals surface area contributed by atoms with Gasteiger partial charge in [0.2, 0.25) is 5.54 Å². The van der Waals surface area contributed by atoms with Gasteiger partial charge in [-0.2, -0.15) is 0 Å². The summed E-state index contributed by atoms with van der Waals surface area (Å²) < 4.78 is 41.2. The molecule has 1 aliphatic heterocycles. The molecule has 28 heavy (non-hydrogen) atoms. The average molecular weight is 432 g/mol. The van der Waals surface area contributed by atoms with Gasteiger partial charge < -0.3 is 5.32 Å². The predicted octanol–water partition coefficient (Wildman–Crippen LogP) is 3.76. The molecule has 3 rings (SSSR count). The Balaban J connectivity index is 2.02. The molecule has 1 amide bonds. The fourth-order valence-electron chi connectivity index (χ4n) is 2.94. The molecular formula is C18H14Cl2F3N3O2. The molecule has 2 aromatic rings. The van der Waals surface area contributed by atoms with Crippen molar-refractivity contribution in [2.45, 2.75) is 12.0 Å². The zero-order chi connectivity index (χ0) is 20.6. The highest BCUT2D eigenvalue weighted by molar-refractivity contribution is 6.42. The molecule has 1 atom stereocenters. The summed E-state index contributed by atoms with van der Waals surface area (Å²) in [6.45, 7) is -0.360. The third-order valence-electron chi connectivity index (χ3n) is 4.33. The molecule has 148 valence electrons. The SMILES string of the molecule is CN1CC(=O)C(C(=O)Nc2ccc(F)cc2-c2ccc(Cl)c(Cl)c2)(C(F)F)N1. The van der Waals surface area contributed by atoms with Gasteiger partial charge in [0, 0.05) is 18.3 Å². The van der Waals surface area contributed by atoms with Gasteiger partial charge in [-0.1, -0.05) is 29.3 Å². The first-order valence-corrected chi connectivity index (χ1v) is 8.77. The van der Waals surface area contributed by atoms with Crippen LogP contribution in [0.5, 0.6) is 0 Å². The van der Waals surface area contributed by atoms with E-state index in [1.54, 1.807) is 0 Å². The Morgan fingerprint density at radius 3 is 2.50 bits per heavy atom. The smallest absolute Gasteiger partial charge is 0.273 e. The molecule has 1 heterocycles. The summed E-state index contributed by atoms with van der Waals surface area (Å²) in [7, 11) is 1.37. The van der Waals surface area contributed by atoms with Gasteiger partial charge in [-0.25, -0.2) is 23.6 Å². The third-order valence-corrected chi connectivity index (χ3v) is 5.07. The summed E-state index contributed by atoms with van der Waals surface area (Å²) in [5.41, 5.74) is 0.136. The zero-order valence-electron chi connectivity index (χ0n) is 14.4. The number of hydrazine groups is 1. The highest BCUT2D eigenvalue weighted by Crippen LogP contribution is 2.34. The lowest BCUT2D eigenvalue weighted by Gasteiger charge is -2.26. The Bertz CT molecular complexity index is 958. The molecule has 1 unspecified atom stereocenters. The van der Waals surface area contributed by atoms with Crippen molar-refractivity contribution in [1.29, 1.82) is 0 Å². The molecule has 0 bridgehead atoms. The standard InChI is InChI=1S/C18H14Cl2F3N3O2/c1-26-8-15(27)18(25-26,16(22)23)17(28)24-14-5-3-10(21)7-11(14)9-2-4-12(19)13(20)6-9/h2-7,16,25H,8H2,1H3,(H,24,28). The number of halogens is 5. The molecule has 0 spiro atoms. The number of carbonyl (C=O) groups is 2. The van der Waals surface area contributed by atoms with Gasteiger partial charge in [0.05, 0.1) is 16.6 Å². The number of carbonyl (C=O) groups excluding carboxylic acids is 2. The fourth-order valence-corrected chi connectivity index (χ4v) is 3.24. The molecule has 2 aromatic carbocycles. The Hall–Kier alpha value is -2.13. The van der Waals surface area contributed by atoms with Gasteiger partial charge >= 0.3 is 0 Å². The van der Waals surface area contributed by atoms with Crippen LogP contribution in [0.2, 0.25) is 10.0 Å². The molecular weight excluding hydrogens is 418 g/mol. The summed E-state index contributed by atoms with van der Waals surface area (Å²) in [5, 5.41) is 3.89. The maximum absolute atomic E-state index is 13.8. The van der Waals surface area contributed by atoms with Crippen molar-refractivity contribution in [2.24, 2.45) is 0 Å². The van der Waals surface area contributed by atoms with Crippen LogP contribution in [0.3, 0.4) is 0 Å². The minimum absolute atomic E-state index is 0.0361. The van der Waals surface area contributed by atoms with E-state index in [1.165, 1.54) is 31.3 Å². The normalized spacial score (nSPS) is 20.0. The van der Waals surface area contributed by atoms with Crippen LogP contribution in [0.25, 0.3) is 11.1 Å². The number of nitrogens with one attached hydrogen (secondary N) is 2. The number of anilines is 1. The van der Waals surface area contributed by atoms with Crippen LogP contribution in [-0.4, -0.2) is 42.3 Å². The summed E-state index contributed by atoms with van der Waals surface area (Å²) in [6.07, 6.45) is -3.29. The van der Waals surface area contributed by atoms with E-state index in [0.29, 0.717) is 5.56 Å². The van der Waals surface area contributed by atoms with Crippen LogP contribution in [0, 0.1) is 5.82 Å². The number of hydrogen-bond acceptors (Lipinski definition) is 4. The molecule has 1 saturated heterocycles. The molecule has 5 nitrogen and oxygen atoms in total. The number of ketones is 1. The quantitative estimate of drug-likeness (QED) is 0.723. The maximum atomic E-state index is 13.8. The number of rotatable bonds is 4. The van der Waals surface area contributed by atoms with Crippen LogP contribution < -0.4 is 10.7 Å². The van der Waals surface area contributed by atoms with E-state index in [9.17, 15) is 22.8 Å². The van der Waals surface area contributed by atoms with Crippen molar-refractivity contribution in [3.8, 4) is 11.1 Å². The van der Waals surface area contributed by atoms with Crippen molar-refractivity contribution in [1.82, 2.24) is 10.4 Å². The first-order chi connectivity index (χ1) is 13.1. The first kappa shape index (κ1) is 20.6. The van der Waals surface area contributed by atoms with Gasteiger partial charge in [0.25, 0.3) is 12.3 Å². The molecule has 0 aromatic heterocycles. The van der Waals surface area contributed by atoms with E-state index in [0.717, 1.165) is 17.1 Å². The number of Topliss-reactive ketones (excluding diaryl/α,β-unsaturated/α-hetero) is 1. The molecule has 0 radical (unpaired) electrons. The number of amides is 1. The summed E-state index contributed by atoms with van der Waals surface area (Å²) in [4.78, 5) is 24.8. The van der Waals surface area contributed by atoms with Crippen molar-refractivity contribution in [3.63, 3.8) is 0 Å². The number of hydrogen-bond donors (Lipinski definition) is 2. The van der Waals surface area contributed by atoms with E-state index in [4.69, 9.17) is 23.2 Å². The predicted molar refractivity (Wildman–Crippen MR) is 100.0 cm³/mol. The summed E-state index contributed by atoms with van der Waals surface area (Å²) in [5.74, 6) is -2.83. The average Bonchev–Trinajstić information content (AvgIpc) is 2.94. The van der Waals surface area contributed by atoms with Crippen LogP contribution >= 0.6 is 23.2 Å². The molecule has 10 heteroatoms. The lowest BCUT2D eigenvalue weighted by molar-refractivity contribution is -0.139. The summed E-state index contributed by atoms with van der Waals surface area (Å²) in [6, 6.07) is 7.85. The first-order valence-electron chi connectivity index (χ1n) is 8.02. The second-order valence-electron chi connectivity index (χ2n) is 6.27. The molecule has 1 aliphatic rings. The van der Waals surface area contributed by atoms with Gasteiger partial charge in [-0.3, -0.25) is 9.59 Å². The minimum atomic E-state index is -3.29. The zero-order valence-corrected chi connectivity index (χ0v) is 15.9. The number of nitrogens with zero attached hydrogens (tertiary/aromatic N) is 1. The second kappa shape index (κ2) is 7.71. The van der Waals surface area contributed by atoms with Crippen LogP contribution in [-0.2, 0) is 9.59 Å². The maximum Gasteiger partial charge on any atom is 0.273 e. The van der Waals surface area contributed by atoms with Gasteiger partial charge in [0.15, 0.2) is 5.78 Å². The second-order valence-corrected chi connectivity index (χ2v) is 7.09. The lowest BCUT2D eigenvalue weighted by Crippen LogP contribution is -2.62. The fraction of sp³-hybridized carbons (Fsp3) is 0.222. The van der Waals surface area contributed by atoms with E-state index in [2.05, 4.69) is 10.7 Å². The molecule has 0 aliphatic carbocycles. The van der Waals surface area contributed by atoms with E-state index >= 15 is 0 Å². The lowest BCUT2D eigenvalue weighted by atomic mass is 9.94. The van der Waals surface area contributed by atoms with Crippen molar-refractivity contribution in [2.75, 3.05) is 18.9 Å². The topological polar surface area (TPSA) is 61.4 Å². The number of benzene rings is 2. The van der Waals surface area contributed by atoms with E-state index in [-0.39, 0.29) is 27.8 Å². The number of likely N-dealkylation sites (N-methyl/N-ethyl adjacent to an activating group) is 1. The van der Waals surface area contributed by atoms with Crippen LogP contribution in [0.1, 0.15) is 0 Å². The highest BCUT2D eigenvalue weighted by atomic mass is 35.5. The van der Waals surface area contributed by atoms with Crippen molar-refractivity contribution in [3.05, 3.63) is 52.3 Å². The van der Waals surface area contributed by atoms with Gasteiger partial charge in [-0.05, 0) is 35.9 Å². The molecule has 1 fully saturated rings. The monoisotopic (exact) mass is 431 g/mol. The molecule has 2 N–H and O–H groups in total. The van der Waals surface area contributed by atoms with Crippen LogP contribution in [0.4, 0.5) is 18.9 Å². The Morgan fingerprint density at radius 2 is 1.93 bits per heavy atom. The molecule has 0 saturated carbocycles. The number of alkyl halides is 2. The Kier molecular flexibility index (Phi) is 5.67. The van der Waals surface area contributed by atoms with Gasteiger partial charge in [-0.15, -0.1) is 0 Å². The summed E-state index contributed by atoms with van der Waals surface area (Å²) >= 11 is 11.9. The minimum Gasteiger partial charge on any atom is -0.323 e. The Labute approximate surface area is 168 Å². The third kappa shape index (κ3) is 3.60. The van der Waals surface area contributed by atoms with Gasteiger partial charge in [0.1, 0.15) is 5.82 Å². The van der Waals surface area contributed by atoms with E-state index < -0.39 is 29.5 Å². The largest absolute Gasteiger partial charge is 0.323 e. The van der Waals surface area contributed by atoms with Crippen molar-refractivity contribution >= 4 is 40.6 Å². The van der Waals surface area contributed by atoms with Crippen LogP contribution in [0.15, 0.2) is 36.4 Å². The highest BCUT2D eigenvalue weighted by Gasteiger charge is 2.58. The van der Waals surface area contributed by atoms with E-state index in [1.807, 2.05) is 0 Å². The van der Waals surface area contributed by atoms with Crippen molar-refractivity contribution < 1.29 is 22.8 Å².